The quantitative estimate of drug-likeness (QED) is 0.660. The number of rotatable bonds is 5. The first-order chi connectivity index (χ1) is 13.7. The topological polar surface area (TPSA) is 82.5 Å². The van der Waals surface area contributed by atoms with Crippen LogP contribution in [-0.2, 0) is 15.9 Å². The Morgan fingerprint density at radius 1 is 1.17 bits per heavy atom. The third-order valence-electron chi connectivity index (χ3n) is 5.53. The number of nitrogens with zero attached hydrogens (tertiary/aromatic N) is 3. The summed E-state index contributed by atoms with van der Waals surface area (Å²) < 4.78 is 33.7. The zero-order valence-corrected chi connectivity index (χ0v) is 16.8. The van der Waals surface area contributed by atoms with E-state index in [0.29, 0.717) is 18.1 Å². The molecule has 4 rings (SSSR count). The molecular formula is C20H23BFN3O4. The minimum Gasteiger partial charge on any atom is -0.457 e. The van der Waals surface area contributed by atoms with Gasteiger partial charge < -0.3 is 18.8 Å². The number of pyridine rings is 1. The standard InChI is InChI=1S/C20H23BFN3O4/c1-19(2)20(3,4)29-21(28-19)18(22)9-13-5-6-17(27-13)15-10-23-12-16-14(15)11-24-25(16)7-8-26/h5-6,9-12,26H,7-8H2,1-4H3. The summed E-state index contributed by atoms with van der Waals surface area (Å²) in [7, 11) is -1.07. The van der Waals surface area contributed by atoms with Crippen molar-refractivity contribution in [3.05, 3.63) is 42.2 Å². The predicted octanol–water partition coefficient (Wildman–Crippen LogP) is 3.63. The van der Waals surface area contributed by atoms with Crippen molar-refractivity contribution in [2.24, 2.45) is 0 Å². The monoisotopic (exact) mass is 399 g/mol. The maximum atomic E-state index is 14.7. The Kier molecular flexibility index (Phi) is 4.84. The van der Waals surface area contributed by atoms with E-state index in [-0.39, 0.29) is 6.61 Å². The van der Waals surface area contributed by atoms with Crippen molar-refractivity contribution >= 4 is 24.1 Å². The highest BCUT2D eigenvalue weighted by molar-refractivity contribution is 6.54. The average molecular weight is 399 g/mol. The van der Waals surface area contributed by atoms with Crippen LogP contribution in [0.4, 0.5) is 4.39 Å². The summed E-state index contributed by atoms with van der Waals surface area (Å²) in [5.41, 5.74) is -0.270. The Morgan fingerprint density at radius 3 is 2.59 bits per heavy atom. The summed E-state index contributed by atoms with van der Waals surface area (Å²) in [4.78, 5) is 4.24. The fourth-order valence-corrected chi connectivity index (χ4v) is 3.19. The van der Waals surface area contributed by atoms with Gasteiger partial charge in [0.15, 0.2) is 0 Å². The molecule has 0 atom stereocenters. The lowest BCUT2D eigenvalue weighted by atomic mass is 9.87. The molecular weight excluding hydrogens is 376 g/mol. The summed E-state index contributed by atoms with van der Waals surface area (Å²) >= 11 is 0. The Labute approximate surface area is 168 Å². The van der Waals surface area contributed by atoms with Crippen molar-refractivity contribution in [1.82, 2.24) is 14.8 Å². The highest BCUT2D eigenvalue weighted by Crippen LogP contribution is 2.39. The van der Waals surface area contributed by atoms with Crippen molar-refractivity contribution in [2.45, 2.75) is 45.4 Å². The minimum atomic E-state index is -1.07. The van der Waals surface area contributed by atoms with Crippen LogP contribution in [0.5, 0.6) is 0 Å². The lowest BCUT2D eigenvalue weighted by Gasteiger charge is -2.32. The fraction of sp³-hybridized carbons (Fsp3) is 0.400. The molecule has 3 aromatic heterocycles. The van der Waals surface area contributed by atoms with Crippen LogP contribution in [0, 0.1) is 0 Å². The van der Waals surface area contributed by atoms with Gasteiger partial charge in [-0.25, -0.2) is 4.39 Å². The number of aromatic nitrogens is 3. The second-order valence-corrected chi connectivity index (χ2v) is 8.03. The van der Waals surface area contributed by atoms with Crippen LogP contribution < -0.4 is 0 Å². The number of hydrogen-bond donors (Lipinski definition) is 1. The molecule has 1 saturated heterocycles. The molecule has 29 heavy (non-hydrogen) atoms. The first kappa shape index (κ1) is 19.8. The van der Waals surface area contributed by atoms with Crippen molar-refractivity contribution in [3.63, 3.8) is 0 Å². The Bertz CT molecular complexity index is 1060. The third kappa shape index (κ3) is 3.50. The van der Waals surface area contributed by atoms with E-state index in [1.165, 1.54) is 6.08 Å². The number of aliphatic hydroxyl groups excluding tert-OH is 1. The Balaban J connectivity index is 1.61. The lowest BCUT2D eigenvalue weighted by Crippen LogP contribution is -2.41. The molecule has 3 aromatic rings. The molecule has 9 heteroatoms. The van der Waals surface area contributed by atoms with E-state index < -0.39 is 24.0 Å². The molecule has 0 unspecified atom stereocenters. The summed E-state index contributed by atoms with van der Waals surface area (Å²) in [6.07, 6.45) is 6.33. The number of halogens is 1. The second-order valence-electron chi connectivity index (χ2n) is 8.03. The van der Waals surface area contributed by atoms with Crippen molar-refractivity contribution in [3.8, 4) is 11.3 Å². The first-order valence-corrected chi connectivity index (χ1v) is 9.45. The number of furan rings is 1. The van der Waals surface area contributed by atoms with Crippen LogP contribution in [0.25, 0.3) is 28.3 Å². The lowest BCUT2D eigenvalue weighted by molar-refractivity contribution is 0.00578. The zero-order chi connectivity index (χ0) is 20.8. The molecule has 4 heterocycles. The first-order valence-electron chi connectivity index (χ1n) is 9.45. The summed E-state index contributed by atoms with van der Waals surface area (Å²) in [6.45, 7) is 7.84. The molecule has 0 aromatic carbocycles. The van der Waals surface area contributed by atoms with Gasteiger partial charge in [-0.1, -0.05) is 0 Å². The van der Waals surface area contributed by atoms with Crippen LogP contribution in [0.3, 0.4) is 0 Å². The molecule has 152 valence electrons. The van der Waals surface area contributed by atoms with E-state index in [1.54, 1.807) is 35.4 Å². The Hall–Kier alpha value is -2.49. The van der Waals surface area contributed by atoms with Gasteiger partial charge in [0.25, 0.3) is 0 Å². The van der Waals surface area contributed by atoms with Gasteiger partial charge in [-0.2, -0.15) is 5.10 Å². The highest BCUT2D eigenvalue weighted by Gasteiger charge is 2.53. The molecule has 0 aliphatic carbocycles. The van der Waals surface area contributed by atoms with Gasteiger partial charge in [0.2, 0.25) is 0 Å². The van der Waals surface area contributed by atoms with E-state index >= 15 is 0 Å². The van der Waals surface area contributed by atoms with Gasteiger partial charge in [-0.3, -0.25) is 9.67 Å². The van der Waals surface area contributed by atoms with Gasteiger partial charge in [-0.15, -0.1) is 0 Å². The molecule has 7 nitrogen and oxygen atoms in total. The predicted molar refractivity (Wildman–Crippen MR) is 107 cm³/mol. The normalized spacial score (nSPS) is 18.7. The molecule has 0 spiro atoms. The van der Waals surface area contributed by atoms with Crippen molar-refractivity contribution in [1.29, 1.82) is 0 Å². The molecule has 0 bridgehead atoms. The van der Waals surface area contributed by atoms with Crippen LogP contribution in [0.2, 0.25) is 0 Å². The average Bonchev–Trinajstić information content (AvgIpc) is 3.33. The van der Waals surface area contributed by atoms with Gasteiger partial charge in [-0.05, 0) is 39.8 Å². The molecule has 1 N–H and O–H groups in total. The highest BCUT2D eigenvalue weighted by atomic mass is 19.1. The van der Waals surface area contributed by atoms with Crippen LogP contribution in [0.1, 0.15) is 33.5 Å². The number of fused-ring (bicyclic) bond motifs is 1. The van der Waals surface area contributed by atoms with E-state index in [9.17, 15) is 4.39 Å². The van der Waals surface area contributed by atoms with E-state index in [0.717, 1.165) is 16.5 Å². The fourth-order valence-electron chi connectivity index (χ4n) is 3.19. The smallest absolute Gasteiger partial charge is 0.457 e. The van der Waals surface area contributed by atoms with Crippen molar-refractivity contribution < 1.29 is 23.2 Å². The number of aliphatic hydroxyl groups is 1. The van der Waals surface area contributed by atoms with Crippen molar-refractivity contribution in [2.75, 3.05) is 6.61 Å². The number of hydrogen-bond acceptors (Lipinski definition) is 6. The third-order valence-corrected chi connectivity index (χ3v) is 5.53. The molecule has 0 radical (unpaired) electrons. The summed E-state index contributed by atoms with van der Waals surface area (Å²) in [5.74, 6) is 0.881. The molecule has 1 fully saturated rings. The molecule has 0 saturated carbocycles. The van der Waals surface area contributed by atoms with Gasteiger partial charge in [0, 0.05) is 23.2 Å². The molecule has 0 amide bonds. The molecule has 1 aliphatic heterocycles. The van der Waals surface area contributed by atoms with E-state index in [2.05, 4.69) is 10.1 Å². The SMILES string of the molecule is CC1(C)OB(C(F)=Cc2ccc(-c3cncc4c3cnn4CCO)o2)OC1(C)C. The van der Waals surface area contributed by atoms with Gasteiger partial charge >= 0.3 is 7.12 Å². The zero-order valence-electron chi connectivity index (χ0n) is 16.8. The summed E-state index contributed by atoms with van der Waals surface area (Å²) in [5, 5.41) is 14.3. The largest absolute Gasteiger partial charge is 0.525 e. The Morgan fingerprint density at radius 2 is 1.90 bits per heavy atom. The van der Waals surface area contributed by atoms with Crippen LogP contribution in [-0.4, -0.2) is 44.8 Å². The van der Waals surface area contributed by atoms with Crippen LogP contribution >= 0.6 is 0 Å². The van der Waals surface area contributed by atoms with E-state index in [4.69, 9.17) is 18.8 Å². The van der Waals surface area contributed by atoms with Gasteiger partial charge in [0.05, 0.1) is 42.3 Å². The minimum absolute atomic E-state index is 0.0189. The van der Waals surface area contributed by atoms with Crippen LogP contribution in [0.15, 0.2) is 40.9 Å². The second kappa shape index (κ2) is 7.09. The van der Waals surface area contributed by atoms with E-state index in [1.807, 2.05) is 27.7 Å². The summed E-state index contributed by atoms with van der Waals surface area (Å²) in [6, 6.07) is 3.43. The maximum absolute atomic E-state index is 14.7. The molecule has 1 aliphatic rings. The maximum Gasteiger partial charge on any atom is 0.525 e. The van der Waals surface area contributed by atoms with Gasteiger partial charge in [0.1, 0.15) is 17.2 Å².